The maximum absolute atomic E-state index is 12.6. The molecule has 0 aliphatic heterocycles. The third-order valence-electron chi connectivity index (χ3n) is 4.10. The van der Waals surface area contributed by atoms with E-state index < -0.39 is 0 Å². The number of hydrogen-bond donors (Lipinski definition) is 0. The second-order valence-electron chi connectivity index (χ2n) is 5.95. The molecule has 0 unspecified atom stereocenters. The zero-order chi connectivity index (χ0) is 18.9. The Labute approximate surface area is 158 Å². The van der Waals surface area contributed by atoms with Gasteiger partial charge in [0.1, 0.15) is 11.5 Å². The summed E-state index contributed by atoms with van der Waals surface area (Å²) in [6.45, 7) is 0.549. The molecule has 1 heterocycles. The number of nitrogens with zero attached hydrogens (tertiary/aromatic N) is 2. The van der Waals surface area contributed by atoms with Crippen LogP contribution in [0.3, 0.4) is 0 Å². The fourth-order valence-corrected chi connectivity index (χ4v) is 2.75. The maximum atomic E-state index is 12.6. The number of amides is 1. The van der Waals surface area contributed by atoms with E-state index in [2.05, 4.69) is 6.07 Å². The summed E-state index contributed by atoms with van der Waals surface area (Å²) >= 11 is 0. The maximum Gasteiger partial charge on any atom is 0.260 e. The van der Waals surface area contributed by atoms with E-state index >= 15 is 0 Å². The number of furan rings is 1. The highest BCUT2D eigenvalue weighted by Gasteiger charge is 2.17. The number of rotatable bonds is 8. The number of carbonyl (C=O) groups excluding carboxylic acids is 1. The van der Waals surface area contributed by atoms with Gasteiger partial charge in [-0.05, 0) is 23.8 Å². The molecule has 0 atom stereocenters. The van der Waals surface area contributed by atoms with Gasteiger partial charge in [-0.1, -0.05) is 48.5 Å². The van der Waals surface area contributed by atoms with Crippen molar-refractivity contribution < 1.29 is 13.9 Å². The topological polar surface area (TPSA) is 66.5 Å². The summed E-state index contributed by atoms with van der Waals surface area (Å²) in [5.41, 5.74) is 1.96. The molecule has 0 aliphatic carbocycles. The Kier molecular flexibility index (Phi) is 6.26. The van der Waals surface area contributed by atoms with Gasteiger partial charge in [0.25, 0.3) is 5.91 Å². The van der Waals surface area contributed by atoms with Gasteiger partial charge in [-0.3, -0.25) is 4.79 Å². The lowest BCUT2D eigenvalue weighted by molar-refractivity contribution is -0.134. The van der Waals surface area contributed by atoms with Crippen LogP contribution >= 0.6 is 0 Å². The molecule has 5 heteroatoms. The van der Waals surface area contributed by atoms with Gasteiger partial charge in [0.15, 0.2) is 6.61 Å². The van der Waals surface area contributed by atoms with Crippen molar-refractivity contribution in [2.75, 3.05) is 13.2 Å². The minimum Gasteiger partial charge on any atom is -0.483 e. The third-order valence-corrected chi connectivity index (χ3v) is 4.10. The van der Waals surface area contributed by atoms with Crippen LogP contribution in [0.15, 0.2) is 77.4 Å². The van der Waals surface area contributed by atoms with E-state index in [1.807, 2.05) is 54.6 Å². The Morgan fingerprint density at radius 3 is 2.56 bits per heavy atom. The number of carbonyl (C=O) groups is 1. The lowest BCUT2D eigenvalue weighted by atomic mass is 10.1. The van der Waals surface area contributed by atoms with Gasteiger partial charge in [-0.25, -0.2) is 0 Å². The minimum absolute atomic E-state index is 0.101. The molecule has 0 spiro atoms. The van der Waals surface area contributed by atoms with Crippen LogP contribution in [-0.4, -0.2) is 24.0 Å². The van der Waals surface area contributed by atoms with Crippen molar-refractivity contribution in [3.8, 4) is 22.9 Å². The van der Waals surface area contributed by atoms with Crippen molar-refractivity contribution >= 4 is 5.91 Å². The summed E-state index contributed by atoms with van der Waals surface area (Å²) < 4.78 is 11.1. The van der Waals surface area contributed by atoms with Crippen molar-refractivity contribution in [2.45, 2.75) is 13.0 Å². The van der Waals surface area contributed by atoms with Gasteiger partial charge >= 0.3 is 0 Å². The first-order chi connectivity index (χ1) is 13.3. The van der Waals surface area contributed by atoms with Crippen LogP contribution in [-0.2, 0) is 11.3 Å². The highest BCUT2D eigenvalue weighted by Crippen LogP contribution is 2.29. The van der Waals surface area contributed by atoms with Crippen LogP contribution in [0.4, 0.5) is 0 Å². The summed E-state index contributed by atoms with van der Waals surface area (Å²) in [4.78, 5) is 14.2. The highest BCUT2D eigenvalue weighted by atomic mass is 16.5. The minimum atomic E-state index is -0.190. The van der Waals surface area contributed by atoms with Gasteiger partial charge in [0.2, 0.25) is 0 Å². The Morgan fingerprint density at radius 2 is 1.81 bits per heavy atom. The lowest BCUT2D eigenvalue weighted by Gasteiger charge is -2.21. The van der Waals surface area contributed by atoms with Crippen LogP contribution in [0.25, 0.3) is 11.1 Å². The molecule has 0 saturated carbocycles. The molecule has 2 aromatic carbocycles. The van der Waals surface area contributed by atoms with Crippen LogP contribution in [0.5, 0.6) is 5.75 Å². The first-order valence-corrected chi connectivity index (χ1v) is 8.72. The van der Waals surface area contributed by atoms with Gasteiger partial charge in [-0.2, -0.15) is 5.26 Å². The molecular weight excluding hydrogens is 340 g/mol. The van der Waals surface area contributed by atoms with E-state index in [1.54, 1.807) is 23.3 Å². The molecule has 1 amide bonds. The smallest absolute Gasteiger partial charge is 0.260 e. The standard InChI is InChI=1S/C22H20N2O3/c23-13-7-14-24(16-19-10-6-15-26-19)22(25)17-27-21-12-5-4-11-20(21)18-8-2-1-3-9-18/h1-6,8-12,15H,7,14,16-17H2. The van der Waals surface area contributed by atoms with E-state index in [9.17, 15) is 4.79 Å². The van der Waals surface area contributed by atoms with Crippen LogP contribution in [0.2, 0.25) is 0 Å². The molecule has 27 heavy (non-hydrogen) atoms. The average Bonchev–Trinajstić information content (AvgIpc) is 3.23. The monoisotopic (exact) mass is 360 g/mol. The Balaban J connectivity index is 1.69. The van der Waals surface area contributed by atoms with Crippen molar-refractivity contribution in [3.63, 3.8) is 0 Å². The van der Waals surface area contributed by atoms with Crippen LogP contribution in [0, 0.1) is 11.3 Å². The van der Waals surface area contributed by atoms with Crippen molar-refractivity contribution in [1.29, 1.82) is 5.26 Å². The van der Waals surface area contributed by atoms with Gasteiger partial charge in [-0.15, -0.1) is 0 Å². The fourth-order valence-electron chi connectivity index (χ4n) is 2.75. The summed E-state index contributed by atoms with van der Waals surface area (Å²) in [6, 6.07) is 23.2. The Morgan fingerprint density at radius 1 is 1.04 bits per heavy atom. The molecular formula is C22H20N2O3. The summed E-state index contributed by atoms with van der Waals surface area (Å²) in [5, 5.41) is 8.85. The quantitative estimate of drug-likeness (QED) is 0.602. The molecule has 0 saturated heterocycles. The van der Waals surface area contributed by atoms with Crippen LogP contribution < -0.4 is 4.74 Å². The second kappa shape index (κ2) is 9.25. The molecule has 0 fully saturated rings. The second-order valence-corrected chi connectivity index (χ2v) is 5.95. The van der Waals surface area contributed by atoms with E-state index in [1.165, 1.54) is 0 Å². The highest BCUT2D eigenvalue weighted by molar-refractivity contribution is 5.78. The number of hydrogen-bond acceptors (Lipinski definition) is 4. The van der Waals surface area contributed by atoms with Gasteiger partial charge in [0.05, 0.1) is 25.3 Å². The van der Waals surface area contributed by atoms with Gasteiger partial charge < -0.3 is 14.1 Å². The predicted molar refractivity (Wildman–Crippen MR) is 102 cm³/mol. The first kappa shape index (κ1) is 18.3. The largest absolute Gasteiger partial charge is 0.483 e. The number of para-hydroxylation sites is 1. The van der Waals surface area contributed by atoms with Crippen molar-refractivity contribution in [3.05, 3.63) is 78.8 Å². The molecule has 0 aliphatic rings. The molecule has 0 radical (unpaired) electrons. The third kappa shape index (κ3) is 4.99. The van der Waals surface area contributed by atoms with E-state index in [-0.39, 0.29) is 18.9 Å². The average molecular weight is 360 g/mol. The molecule has 5 nitrogen and oxygen atoms in total. The fraction of sp³-hybridized carbons (Fsp3) is 0.182. The van der Waals surface area contributed by atoms with Gasteiger partial charge in [0, 0.05) is 12.1 Å². The summed E-state index contributed by atoms with van der Waals surface area (Å²) in [5.74, 6) is 1.13. The number of nitriles is 1. The zero-order valence-electron chi connectivity index (χ0n) is 14.9. The van der Waals surface area contributed by atoms with Crippen molar-refractivity contribution in [1.82, 2.24) is 4.90 Å². The van der Waals surface area contributed by atoms with E-state index in [4.69, 9.17) is 14.4 Å². The Bertz CT molecular complexity index is 899. The predicted octanol–water partition coefficient (Wildman–Crippen LogP) is 4.27. The van der Waals surface area contributed by atoms with E-state index in [0.29, 0.717) is 24.6 Å². The molecule has 3 aromatic rings. The molecule has 0 N–H and O–H groups in total. The molecule has 0 bridgehead atoms. The van der Waals surface area contributed by atoms with E-state index in [0.717, 1.165) is 11.1 Å². The molecule has 3 rings (SSSR count). The van der Waals surface area contributed by atoms with Crippen LogP contribution in [0.1, 0.15) is 12.2 Å². The number of ether oxygens (including phenoxy) is 1. The first-order valence-electron chi connectivity index (χ1n) is 8.72. The summed E-state index contributed by atoms with van der Waals surface area (Å²) in [6.07, 6.45) is 1.82. The SMILES string of the molecule is N#CCCN(Cc1ccco1)C(=O)COc1ccccc1-c1ccccc1. The zero-order valence-corrected chi connectivity index (χ0v) is 14.9. The lowest BCUT2D eigenvalue weighted by Crippen LogP contribution is -2.35. The Hall–Kier alpha value is -3.52. The molecule has 136 valence electrons. The number of benzene rings is 2. The molecule has 1 aromatic heterocycles. The normalized spacial score (nSPS) is 10.2. The summed E-state index contributed by atoms with van der Waals surface area (Å²) in [7, 11) is 0. The van der Waals surface area contributed by atoms with Crippen molar-refractivity contribution in [2.24, 2.45) is 0 Å².